The molecular formula is C19H24O4S. The zero-order valence-corrected chi connectivity index (χ0v) is 14.8. The SMILES string of the molecule is CCC1(c2cc(CCc3ccc(CO)c(CO)c3)cs2)OCCO1. The number of hydrogen-bond donors (Lipinski definition) is 2. The molecule has 130 valence electrons. The standard InChI is InChI=1S/C19H24O4S/c1-2-19(22-7-8-23-19)18-10-15(13-24-18)4-3-14-5-6-16(11-20)17(9-14)12-21/h5-6,9-10,13,20-21H,2-4,7-8,11-12H2,1H3. The van der Waals surface area contributed by atoms with Gasteiger partial charge < -0.3 is 19.7 Å². The van der Waals surface area contributed by atoms with E-state index >= 15 is 0 Å². The Bertz CT molecular complexity index is 674. The average Bonchev–Trinajstić information content (AvgIpc) is 3.29. The van der Waals surface area contributed by atoms with Gasteiger partial charge in [0, 0.05) is 6.42 Å². The molecule has 1 fully saturated rings. The van der Waals surface area contributed by atoms with Gasteiger partial charge in [0.1, 0.15) is 0 Å². The van der Waals surface area contributed by atoms with E-state index < -0.39 is 5.79 Å². The van der Waals surface area contributed by atoms with Crippen molar-refractivity contribution in [1.29, 1.82) is 0 Å². The molecule has 1 aromatic heterocycles. The summed E-state index contributed by atoms with van der Waals surface area (Å²) in [5.41, 5.74) is 4.04. The van der Waals surface area contributed by atoms with Crippen LogP contribution in [0.3, 0.4) is 0 Å². The minimum atomic E-state index is -0.546. The van der Waals surface area contributed by atoms with Crippen LogP contribution in [0, 0.1) is 0 Å². The Balaban J connectivity index is 1.67. The second kappa shape index (κ2) is 7.76. The molecule has 1 aliphatic rings. The third-order valence-electron chi connectivity index (χ3n) is 4.56. The van der Waals surface area contributed by atoms with Gasteiger partial charge in [-0.05, 0) is 46.5 Å². The molecule has 3 rings (SSSR count). The molecule has 2 aromatic rings. The molecule has 24 heavy (non-hydrogen) atoms. The number of hydrogen-bond acceptors (Lipinski definition) is 5. The molecule has 0 unspecified atom stereocenters. The molecule has 2 N–H and O–H groups in total. The minimum absolute atomic E-state index is 0.0385. The Morgan fingerprint density at radius 2 is 1.71 bits per heavy atom. The lowest BCUT2D eigenvalue weighted by Gasteiger charge is -2.24. The first-order valence-electron chi connectivity index (χ1n) is 8.39. The van der Waals surface area contributed by atoms with Crippen LogP contribution in [0.5, 0.6) is 0 Å². The summed E-state index contributed by atoms with van der Waals surface area (Å²) in [5, 5.41) is 20.8. The van der Waals surface area contributed by atoms with Gasteiger partial charge >= 0.3 is 0 Å². The Labute approximate surface area is 146 Å². The monoisotopic (exact) mass is 348 g/mol. The fraction of sp³-hybridized carbons (Fsp3) is 0.474. The summed E-state index contributed by atoms with van der Waals surface area (Å²) < 4.78 is 11.7. The van der Waals surface area contributed by atoms with E-state index in [-0.39, 0.29) is 13.2 Å². The second-order valence-electron chi connectivity index (χ2n) is 6.04. The number of aliphatic hydroxyl groups is 2. The smallest absolute Gasteiger partial charge is 0.204 e. The maximum Gasteiger partial charge on any atom is 0.204 e. The average molecular weight is 348 g/mol. The van der Waals surface area contributed by atoms with E-state index in [0.29, 0.717) is 13.2 Å². The Kier molecular flexibility index (Phi) is 5.69. The van der Waals surface area contributed by atoms with Gasteiger partial charge in [-0.3, -0.25) is 0 Å². The van der Waals surface area contributed by atoms with Crippen molar-refractivity contribution in [1.82, 2.24) is 0 Å². The van der Waals surface area contributed by atoms with Gasteiger partial charge in [0.05, 0.1) is 31.3 Å². The van der Waals surface area contributed by atoms with Crippen LogP contribution in [0.4, 0.5) is 0 Å². The molecule has 4 nitrogen and oxygen atoms in total. The molecule has 0 atom stereocenters. The number of thiophene rings is 1. The number of ether oxygens (including phenoxy) is 2. The highest BCUT2D eigenvalue weighted by Gasteiger charge is 2.37. The van der Waals surface area contributed by atoms with E-state index in [1.54, 1.807) is 11.3 Å². The molecule has 0 radical (unpaired) electrons. The molecule has 1 aliphatic heterocycles. The van der Waals surface area contributed by atoms with Crippen molar-refractivity contribution in [2.45, 2.75) is 45.2 Å². The van der Waals surface area contributed by atoms with Gasteiger partial charge in [0.15, 0.2) is 0 Å². The predicted molar refractivity (Wildman–Crippen MR) is 93.9 cm³/mol. The summed E-state index contributed by atoms with van der Waals surface area (Å²) in [4.78, 5) is 1.14. The number of rotatable bonds is 7. The highest BCUT2D eigenvalue weighted by atomic mass is 32.1. The van der Waals surface area contributed by atoms with Gasteiger partial charge in [-0.25, -0.2) is 0 Å². The van der Waals surface area contributed by atoms with Crippen LogP contribution in [-0.4, -0.2) is 23.4 Å². The summed E-state index contributed by atoms with van der Waals surface area (Å²) in [5.74, 6) is -0.546. The van der Waals surface area contributed by atoms with E-state index in [0.717, 1.165) is 35.3 Å². The number of aryl methyl sites for hydroxylation is 2. The summed E-state index contributed by atoms with van der Waals surface area (Å²) in [6, 6.07) is 8.09. The Hall–Kier alpha value is -1.24. The highest BCUT2D eigenvalue weighted by molar-refractivity contribution is 7.10. The molecule has 5 heteroatoms. The van der Waals surface area contributed by atoms with Gasteiger partial charge in [0.2, 0.25) is 5.79 Å². The zero-order chi connectivity index (χ0) is 17.0. The van der Waals surface area contributed by atoms with E-state index in [1.807, 2.05) is 18.2 Å². The third-order valence-corrected chi connectivity index (χ3v) is 5.67. The lowest BCUT2D eigenvalue weighted by atomic mass is 10.00. The van der Waals surface area contributed by atoms with Gasteiger partial charge in [0.25, 0.3) is 0 Å². The second-order valence-corrected chi connectivity index (χ2v) is 6.95. The molecular weight excluding hydrogens is 324 g/mol. The molecule has 0 bridgehead atoms. The highest BCUT2D eigenvalue weighted by Crippen LogP contribution is 2.38. The van der Waals surface area contributed by atoms with E-state index in [2.05, 4.69) is 18.4 Å². The van der Waals surface area contributed by atoms with Crippen molar-refractivity contribution in [2.75, 3.05) is 13.2 Å². The van der Waals surface area contributed by atoms with Gasteiger partial charge in [-0.2, -0.15) is 0 Å². The van der Waals surface area contributed by atoms with Crippen molar-refractivity contribution in [3.63, 3.8) is 0 Å². The molecule has 0 aliphatic carbocycles. The lowest BCUT2D eigenvalue weighted by Crippen LogP contribution is -2.24. The van der Waals surface area contributed by atoms with E-state index in [1.165, 1.54) is 11.1 Å². The van der Waals surface area contributed by atoms with E-state index in [9.17, 15) is 10.2 Å². The first-order chi connectivity index (χ1) is 11.7. The summed E-state index contributed by atoms with van der Waals surface area (Å²) in [6.07, 6.45) is 2.64. The van der Waals surface area contributed by atoms with E-state index in [4.69, 9.17) is 9.47 Å². The summed E-state index contributed by atoms with van der Waals surface area (Å²) in [6.45, 7) is 3.32. The van der Waals surface area contributed by atoms with Crippen LogP contribution in [0.15, 0.2) is 29.6 Å². The van der Waals surface area contributed by atoms with Crippen LogP contribution in [0.2, 0.25) is 0 Å². The van der Waals surface area contributed by atoms with Crippen LogP contribution in [0.25, 0.3) is 0 Å². The fourth-order valence-corrected chi connectivity index (χ4v) is 4.23. The first kappa shape index (κ1) is 17.6. The van der Waals surface area contributed by atoms with Crippen LogP contribution in [0.1, 0.15) is 40.5 Å². The first-order valence-corrected chi connectivity index (χ1v) is 9.27. The number of benzene rings is 1. The fourth-order valence-electron chi connectivity index (χ4n) is 3.11. The van der Waals surface area contributed by atoms with Crippen molar-refractivity contribution in [3.05, 3.63) is 56.8 Å². The molecule has 0 saturated carbocycles. The Morgan fingerprint density at radius 3 is 2.38 bits per heavy atom. The maximum absolute atomic E-state index is 9.40. The number of aliphatic hydroxyl groups excluding tert-OH is 2. The summed E-state index contributed by atoms with van der Waals surface area (Å²) >= 11 is 1.70. The van der Waals surface area contributed by atoms with Crippen molar-refractivity contribution in [2.24, 2.45) is 0 Å². The molecule has 0 amide bonds. The van der Waals surface area contributed by atoms with Crippen LogP contribution >= 0.6 is 11.3 Å². The molecule has 1 aromatic carbocycles. The van der Waals surface area contributed by atoms with Crippen LogP contribution in [-0.2, 0) is 41.3 Å². The normalized spacial score (nSPS) is 16.6. The van der Waals surface area contributed by atoms with Crippen molar-refractivity contribution < 1.29 is 19.7 Å². The predicted octanol–water partition coefficient (Wildman–Crippen LogP) is 3.13. The largest absolute Gasteiger partial charge is 0.392 e. The Morgan fingerprint density at radius 1 is 1.00 bits per heavy atom. The quantitative estimate of drug-likeness (QED) is 0.807. The topological polar surface area (TPSA) is 58.9 Å². The zero-order valence-electron chi connectivity index (χ0n) is 14.0. The molecule has 2 heterocycles. The van der Waals surface area contributed by atoms with Gasteiger partial charge in [-0.15, -0.1) is 11.3 Å². The summed E-state index contributed by atoms with van der Waals surface area (Å²) in [7, 11) is 0. The van der Waals surface area contributed by atoms with Crippen molar-refractivity contribution in [3.8, 4) is 0 Å². The van der Waals surface area contributed by atoms with Gasteiger partial charge in [-0.1, -0.05) is 25.1 Å². The lowest BCUT2D eigenvalue weighted by molar-refractivity contribution is -0.164. The maximum atomic E-state index is 9.40. The van der Waals surface area contributed by atoms with Crippen LogP contribution < -0.4 is 0 Å². The molecule has 0 spiro atoms. The minimum Gasteiger partial charge on any atom is -0.392 e. The third kappa shape index (κ3) is 3.55. The van der Waals surface area contributed by atoms with Crippen molar-refractivity contribution >= 4 is 11.3 Å². The molecule has 1 saturated heterocycles.